The highest BCUT2D eigenvalue weighted by atomic mass is 32.1. The van der Waals surface area contributed by atoms with Crippen LogP contribution in [-0.2, 0) is 11.2 Å². The molecule has 0 saturated heterocycles. The van der Waals surface area contributed by atoms with E-state index in [0.29, 0.717) is 21.5 Å². The third-order valence-electron chi connectivity index (χ3n) is 7.58. The summed E-state index contributed by atoms with van der Waals surface area (Å²) >= 11 is 1.49. The van der Waals surface area contributed by atoms with Crippen molar-refractivity contribution in [3.8, 4) is 0 Å². The second-order valence-electron chi connectivity index (χ2n) is 10.1. The van der Waals surface area contributed by atoms with Crippen LogP contribution in [0.1, 0.15) is 68.1 Å². The number of carbonyl (C=O) groups is 1. The molecule has 0 aromatic carbocycles. The highest BCUT2D eigenvalue weighted by molar-refractivity contribution is 7.18. The molecule has 160 valence electrons. The fourth-order valence-corrected chi connectivity index (χ4v) is 7.87. The lowest BCUT2D eigenvalue weighted by Crippen LogP contribution is -2.46. The van der Waals surface area contributed by atoms with E-state index in [1.807, 2.05) is 20.8 Å². The first-order chi connectivity index (χ1) is 14.3. The number of aryl methyl sites for hydroxylation is 2. The molecule has 4 aliphatic rings. The molecular weight excluding hydrogens is 396 g/mol. The van der Waals surface area contributed by atoms with Gasteiger partial charge in [-0.05, 0) is 94.4 Å². The van der Waals surface area contributed by atoms with Crippen molar-refractivity contribution in [1.29, 1.82) is 0 Å². The Kier molecular flexibility index (Phi) is 4.84. The number of aromatic amines is 1. The summed E-state index contributed by atoms with van der Waals surface area (Å²) in [5, 5.41) is 5.03. The van der Waals surface area contributed by atoms with Gasteiger partial charge >= 0.3 is 0 Å². The van der Waals surface area contributed by atoms with E-state index in [1.165, 1.54) is 49.9 Å². The zero-order valence-corrected chi connectivity index (χ0v) is 18.8. The normalized spacial score (nSPS) is 30.2. The Bertz CT molecular complexity index is 1060. The molecule has 6 rings (SSSR count). The summed E-state index contributed by atoms with van der Waals surface area (Å²) in [4.78, 5) is 33.8. The maximum atomic E-state index is 12.4. The largest absolute Gasteiger partial charge is 0.309 e. The molecule has 2 aromatic rings. The van der Waals surface area contributed by atoms with Crippen molar-refractivity contribution in [2.45, 2.75) is 72.1 Å². The molecule has 0 aliphatic heterocycles. The standard InChI is InChI=1S/C23H30N4O2S/c1-12(8-23-9-15-4-16(10-23)6-17(5-15)11-23)26-27-19(28)7-18-24-21(29)20-13(2)14(3)30-22(20)25-18/h15-17H,4-11H2,1-3H3,(H,27,28)(H,24,25,29)/b26-12-. The van der Waals surface area contributed by atoms with Gasteiger partial charge in [0.05, 0.1) is 11.8 Å². The maximum Gasteiger partial charge on any atom is 0.259 e. The number of aromatic nitrogens is 2. The lowest BCUT2D eigenvalue weighted by molar-refractivity contribution is -0.120. The smallest absolute Gasteiger partial charge is 0.259 e. The fourth-order valence-electron chi connectivity index (χ4n) is 6.82. The lowest BCUT2D eigenvalue weighted by atomic mass is 9.48. The highest BCUT2D eigenvalue weighted by Crippen LogP contribution is 2.61. The molecule has 0 unspecified atom stereocenters. The first kappa shape index (κ1) is 19.9. The van der Waals surface area contributed by atoms with E-state index in [2.05, 4.69) is 20.5 Å². The summed E-state index contributed by atoms with van der Waals surface area (Å²) in [5.74, 6) is 2.90. The Balaban J connectivity index is 1.23. The number of thiophene rings is 1. The average molecular weight is 427 g/mol. The Morgan fingerprint density at radius 3 is 2.47 bits per heavy atom. The van der Waals surface area contributed by atoms with Gasteiger partial charge in [0.1, 0.15) is 10.7 Å². The minimum atomic E-state index is -0.243. The van der Waals surface area contributed by atoms with Crippen molar-refractivity contribution in [1.82, 2.24) is 15.4 Å². The van der Waals surface area contributed by atoms with Gasteiger partial charge in [0, 0.05) is 10.6 Å². The summed E-state index contributed by atoms with van der Waals surface area (Å²) in [6.07, 6.45) is 9.34. The number of fused-ring (bicyclic) bond motifs is 1. The van der Waals surface area contributed by atoms with Gasteiger partial charge < -0.3 is 4.98 Å². The molecule has 2 heterocycles. The van der Waals surface area contributed by atoms with Crippen LogP contribution in [0.3, 0.4) is 0 Å². The molecule has 1 amide bonds. The highest BCUT2D eigenvalue weighted by Gasteiger charge is 2.50. The van der Waals surface area contributed by atoms with Crippen molar-refractivity contribution in [3.05, 3.63) is 26.6 Å². The van der Waals surface area contributed by atoms with Crippen LogP contribution >= 0.6 is 11.3 Å². The van der Waals surface area contributed by atoms with E-state index in [4.69, 9.17) is 0 Å². The number of nitrogens with zero attached hydrogens (tertiary/aromatic N) is 2. The molecule has 4 bridgehead atoms. The summed E-state index contributed by atoms with van der Waals surface area (Å²) in [6.45, 7) is 5.94. The van der Waals surface area contributed by atoms with Gasteiger partial charge in [0.2, 0.25) is 5.91 Å². The predicted molar refractivity (Wildman–Crippen MR) is 120 cm³/mol. The second-order valence-corrected chi connectivity index (χ2v) is 11.3. The summed E-state index contributed by atoms with van der Waals surface area (Å²) in [6, 6.07) is 0. The first-order valence-electron chi connectivity index (χ1n) is 11.1. The molecule has 6 nitrogen and oxygen atoms in total. The minimum Gasteiger partial charge on any atom is -0.309 e. The number of amides is 1. The quantitative estimate of drug-likeness (QED) is 0.554. The molecule has 4 fully saturated rings. The molecule has 7 heteroatoms. The van der Waals surface area contributed by atoms with Gasteiger partial charge in [-0.2, -0.15) is 5.10 Å². The van der Waals surface area contributed by atoms with Crippen LogP contribution in [-0.4, -0.2) is 21.6 Å². The van der Waals surface area contributed by atoms with Crippen LogP contribution in [0.25, 0.3) is 10.2 Å². The molecule has 0 atom stereocenters. The monoisotopic (exact) mass is 426 g/mol. The average Bonchev–Trinajstić information content (AvgIpc) is 2.92. The van der Waals surface area contributed by atoms with E-state index in [0.717, 1.165) is 40.3 Å². The molecule has 4 aliphatic carbocycles. The Labute approximate surface area is 180 Å². The van der Waals surface area contributed by atoms with Crippen LogP contribution in [0.5, 0.6) is 0 Å². The van der Waals surface area contributed by atoms with Crippen LogP contribution in [0.15, 0.2) is 9.90 Å². The fraction of sp³-hybridized carbons (Fsp3) is 0.652. The number of hydrogen-bond donors (Lipinski definition) is 2. The molecule has 0 radical (unpaired) electrons. The van der Waals surface area contributed by atoms with E-state index < -0.39 is 0 Å². The predicted octanol–water partition coefficient (Wildman–Crippen LogP) is 4.24. The number of hydrogen-bond acceptors (Lipinski definition) is 5. The van der Waals surface area contributed by atoms with E-state index >= 15 is 0 Å². The van der Waals surface area contributed by atoms with Crippen molar-refractivity contribution in [2.75, 3.05) is 0 Å². The van der Waals surface area contributed by atoms with Crippen molar-refractivity contribution in [2.24, 2.45) is 28.3 Å². The maximum absolute atomic E-state index is 12.4. The number of rotatable bonds is 5. The second kappa shape index (κ2) is 7.29. The summed E-state index contributed by atoms with van der Waals surface area (Å²) in [7, 11) is 0. The number of hydrazone groups is 1. The summed E-state index contributed by atoms with van der Waals surface area (Å²) in [5.41, 5.74) is 4.90. The third-order valence-corrected chi connectivity index (χ3v) is 8.68. The zero-order chi connectivity index (χ0) is 21.0. The van der Waals surface area contributed by atoms with Gasteiger partial charge in [0.25, 0.3) is 5.56 Å². The van der Waals surface area contributed by atoms with E-state index in [-0.39, 0.29) is 17.9 Å². The molecule has 4 saturated carbocycles. The minimum absolute atomic E-state index is 0.0231. The third kappa shape index (κ3) is 3.61. The molecule has 0 spiro atoms. The van der Waals surface area contributed by atoms with Gasteiger partial charge in [-0.1, -0.05) is 0 Å². The van der Waals surface area contributed by atoms with E-state index in [9.17, 15) is 9.59 Å². The zero-order valence-electron chi connectivity index (χ0n) is 18.0. The number of H-pyrrole nitrogens is 1. The lowest BCUT2D eigenvalue weighted by Gasteiger charge is -2.57. The van der Waals surface area contributed by atoms with Crippen molar-refractivity contribution >= 4 is 33.2 Å². The SMILES string of the molecule is C/C(CC12CC3CC(CC(C3)C1)C2)=N/NC(=O)Cc1nc2sc(C)c(C)c2c(=O)[nH]1. The Morgan fingerprint density at radius 1 is 1.20 bits per heavy atom. The van der Waals surface area contributed by atoms with Gasteiger partial charge in [-0.3, -0.25) is 9.59 Å². The van der Waals surface area contributed by atoms with E-state index in [1.54, 1.807) is 0 Å². The summed E-state index contributed by atoms with van der Waals surface area (Å²) < 4.78 is 0. The topological polar surface area (TPSA) is 87.2 Å². The van der Waals surface area contributed by atoms with Crippen molar-refractivity contribution in [3.63, 3.8) is 0 Å². The van der Waals surface area contributed by atoms with Crippen LogP contribution in [0.2, 0.25) is 0 Å². The van der Waals surface area contributed by atoms with Crippen LogP contribution in [0, 0.1) is 37.0 Å². The van der Waals surface area contributed by atoms with Crippen LogP contribution < -0.4 is 11.0 Å². The molecule has 2 aromatic heterocycles. The van der Waals surface area contributed by atoms with Gasteiger partial charge in [0.15, 0.2) is 0 Å². The Hall–Kier alpha value is -2.02. The molecular formula is C23H30N4O2S. The first-order valence-corrected chi connectivity index (χ1v) is 11.9. The van der Waals surface area contributed by atoms with Gasteiger partial charge in [-0.15, -0.1) is 11.3 Å². The van der Waals surface area contributed by atoms with Gasteiger partial charge in [-0.25, -0.2) is 10.4 Å². The number of carbonyl (C=O) groups excluding carboxylic acids is 1. The number of nitrogens with one attached hydrogen (secondary N) is 2. The van der Waals surface area contributed by atoms with Crippen LogP contribution in [0.4, 0.5) is 0 Å². The van der Waals surface area contributed by atoms with Crippen molar-refractivity contribution < 1.29 is 4.79 Å². The molecule has 30 heavy (non-hydrogen) atoms. The Morgan fingerprint density at radius 2 is 1.83 bits per heavy atom. The molecule has 2 N–H and O–H groups in total.